The molecule has 0 radical (unpaired) electrons. The molecule has 19 heavy (non-hydrogen) atoms. The lowest BCUT2D eigenvalue weighted by Crippen LogP contribution is -2.29. The summed E-state index contributed by atoms with van der Waals surface area (Å²) < 4.78 is 60.8. The smallest absolute Gasteiger partial charge is 0.314 e. The maximum atomic E-state index is 11.8. The summed E-state index contributed by atoms with van der Waals surface area (Å²) in [4.78, 5) is 0. The lowest BCUT2D eigenvalue weighted by Gasteiger charge is -2.08. The minimum absolute atomic E-state index is 0.0198. The van der Waals surface area contributed by atoms with Gasteiger partial charge in [0.1, 0.15) is 0 Å². The second-order valence-corrected chi connectivity index (χ2v) is 6.79. The van der Waals surface area contributed by atoms with E-state index in [1.165, 1.54) is 0 Å². The molecular formula is C11H21F3N2O2S. The van der Waals surface area contributed by atoms with E-state index < -0.39 is 22.6 Å². The fourth-order valence-corrected chi connectivity index (χ4v) is 2.73. The summed E-state index contributed by atoms with van der Waals surface area (Å²) in [5.41, 5.74) is 0. The summed E-state index contributed by atoms with van der Waals surface area (Å²) in [5.74, 6) is 0.0198. The van der Waals surface area contributed by atoms with Crippen LogP contribution in [0.15, 0.2) is 0 Å². The maximum Gasteiger partial charge on any atom is 0.389 e. The van der Waals surface area contributed by atoms with Crippen LogP contribution >= 0.6 is 0 Å². The van der Waals surface area contributed by atoms with Crippen molar-refractivity contribution in [3.05, 3.63) is 0 Å². The molecule has 0 aromatic rings. The molecule has 1 aliphatic rings. The summed E-state index contributed by atoms with van der Waals surface area (Å²) in [6.45, 7) is 0.744. The van der Waals surface area contributed by atoms with Crippen molar-refractivity contribution in [3.8, 4) is 0 Å². The van der Waals surface area contributed by atoms with Gasteiger partial charge in [-0.3, -0.25) is 0 Å². The van der Waals surface area contributed by atoms with Gasteiger partial charge in [0.25, 0.3) is 0 Å². The van der Waals surface area contributed by atoms with Crippen molar-refractivity contribution in [3.63, 3.8) is 0 Å². The average Bonchev–Trinajstić information content (AvgIpc) is 3.06. The molecule has 0 aliphatic heterocycles. The van der Waals surface area contributed by atoms with E-state index in [-0.39, 0.29) is 25.1 Å². The Morgan fingerprint density at radius 2 is 1.74 bits per heavy atom. The highest BCUT2D eigenvalue weighted by Crippen LogP contribution is 2.21. The molecule has 114 valence electrons. The van der Waals surface area contributed by atoms with Crippen LogP contribution in [0, 0.1) is 0 Å². The standard InChI is InChI=1S/C11H21F3N2O2S/c12-11(13,14)6-1-2-8-16-19(17,18)9-3-7-15-10-4-5-10/h10,15-16H,1-9H2. The summed E-state index contributed by atoms with van der Waals surface area (Å²) >= 11 is 0. The van der Waals surface area contributed by atoms with Gasteiger partial charge < -0.3 is 5.32 Å². The lowest BCUT2D eigenvalue weighted by atomic mass is 10.2. The van der Waals surface area contributed by atoms with Crippen molar-refractivity contribution in [2.24, 2.45) is 0 Å². The van der Waals surface area contributed by atoms with Crippen molar-refractivity contribution in [1.82, 2.24) is 10.0 Å². The number of unbranched alkanes of at least 4 members (excludes halogenated alkanes) is 1. The van der Waals surface area contributed by atoms with Crippen LogP contribution < -0.4 is 10.0 Å². The number of nitrogens with one attached hydrogen (secondary N) is 2. The van der Waals surface area contributed by atoms with Gasteiger partial charge in [-0.15, -0.1) is 0 Å². The highest BCUT2D eigenvalue weighted by molar-refractivity contribution is 7.89. The second-order valence-electron chi connectivity index (χ2n) is 4.87. The minimum Gasteiger partial charge on any atom is -0.314 e. The van der Waals surface area contributed by atoms with Gasteiger partial charge in [-0.05, 0) is 38.6 Å². The van der Waals surface area contributed by atoms with Gasteiger partial charge in [0.2, 0.25) is 10.0 Å². The van der Waals surface area contributed by atoms with Crippen LogP contribution in [-0.4, -0.2) is 39.5 Å². The van der Waals surface area contributed by atoms with E-state index in [1.54, 1.807) is 0 Å². The van der Waals surface area contributed by atoms with E-state index in [2.05, 4.69) is 10.0 Å². The Morgan fingerprint density at radius 3 is 2.32 bits per heavy atom. The summed E-state index contributed by atoms with van der Waals surface area (Å²) in [6.07, 6.45) is -2.02. The highest BCUT2D eigenvalue weighted by atomic mass is 32.2. The second kappa shape index (κ2) is 7.44. The topological polar surface area (TPSA) is 58.2 Å². The summed E-state index contributed by atoms with van der Waals surface area (Å²) in [7, 11) is -3.35. The van der Waals surface area contributed by atoms with Crippen molar-refractivity contribution in [2.45, 2.75) is 50.7 Å². The summed E-state index contributed by atoms with van der Waals surface area (Å²) in [5, 5.41) is 3.20. The Hall–Kier alpha value is -0.340. The first kappa shape index (κ1) is 16.7. The van der Waals surface area contributed by atoms with E-state index in [9.17, 15) is 21.6 Å². The number of hydrogen-bond acceptors (Lipinski definition) is 3. The number of halogens is 3. The predicted octanol–water partition coefficient (Wildman–Crippen LogP) is 1.78. The Kier molecular flexibility index (Phi) is 6.55. The van der Waals surface area contributed by atoms with Gasteiger partial charge in [0.15, 0.2) is 0 Å². The Bertz CT molecular complexity index is 353. The van der Waals surface area contributed by atoms with Crippen LogP contribution in [0.2, 0.25) is 0 Å². The van der Waals surface area contributed by atoms with Gasteiger partial charge in [-0.25, -0.2) is 13.1 Å². The quantitative estimate of drug-likeness (QED) is 0.605. The largest absolute Gasteiger partial charge is 0.389 e. The maximum absolute atomic E-state index is 11.8. The van der Waals surface area contributed by atoms with E-state index in [4.69, 9.17) is 0 Å². The Labute approximate surface area is 112 Å². The van der Waals surface area contributed by atoms with Gasteiger partial charge in [-0.2, -0.15) is 13.2 Å². The van der Waals surface area contributed by atoms with Crippen molar-refractivity contribution >= 4 is 10.0 Å². The molecule has 0 spiro atoms. The first-order valence-corrected chi connectivity index (χ1v) is 8.21. The third kappa shape index (κ3) is 10.1. The third-order valence-electron chi connectivity index (χ3n) is 2.81. The van der Waals surface area contributed by atoms with Gasteiger partial charge >= 0.3 is 6.18 Å². The highest BCUT2D eigenvalue weighted by Gasteiger charge is 2.25. The molecule has 0 aromatic heterocycles. The molecule has 1 saturated carbocycles. The fourth-order valence-electron chi connectivity index (χ4n) is 1.61. The average molecular weight is 302 g/mol. The third-order valence-corrected chi connectivity index (χ3v) is 4.28. The zero-order chi connectivity index (χ0) is 14.4. The predicted molar refractivity (Wildman–Crippen MR) is 67.3 cm³/mol. The van der Waals surface area contributed by atoms with Crippen LogP contribution in [0.1, 0.15) is 38.5 Å². The SMILES string of the molecule is O=S(=O)(CCCNC1CC1)NCCCCC(F)(F)F. The monoisotopic (exact) mass is 302 g/mol. The van der Waals surface area contributed by atoms with E-state index in [1.807, 2.05) is 0 Å². The molecule has 1 rings (SSSR count). The normalized spacial score (nSPS) is 16.8. The van der Waals surface area contributed by atoms with E-state index in [0.29, 0.717) is 19.0 Å². The van der Waals surface area contributed by atoms with Crippen molar-refractivity contribution < 1.29 is 21.6 Å². The molecule has 0 bridgehead atoms. The molecule has 1 aliphatic carbocycles. The van der Waals surface area contributed by atoms with E-state index in [0.717, 1.165) is 12.8 Å². The molecule has 0 aromatic carbocycles. The lowest BCUT2D eigenvalue weighted by molar-refractivity contribution is -0.135. The number of hydrogen-bond donors (Lipinski definition) is 2. The molecule has 0 amide bonds. The molecule has 1 fully saturated rings. The van der Waals surface area contributed by atoms with E-state index >= 15 is 0 Å². The molecule has 2 N–H and O–H groups in total. The zero-order valence-corrected chi connectivity index (χ0v) is 11.6. The van der Waals surface area contributed by atoms with Gasteiger partial charge in [-0.1, -0.05) is 0 Å². The number of sulfonamides is 1. The molecule has 8 heteroatoms. The van der Waals surface area contributed by atoms with Gasteiger partial charge in [0.05, 0.1) is 5.75 Å². The van der Waals surface area contributed by atoms with Crippen molar-refractivity contribution in [2.75, 3.05) is 18.8 Å². The Morgan fingerprint density at radius 1 is 1.05 bits per heavy atom. The summed E-state index contributed by atoms with van der Waals surface area (Å²) in [6, 6.07) is 0.554. The molecule has 0 unspecified atom stereocenters. The number of rotatable bonds is 10. The Balaban J connectivity index is 1.99. The van der Waals surface area contributed by atoms with Crippen LogP contribution in [-0.2, 0) is 10.0 Å². The van der Waals surface area contributed by atoms with Crippen LogP contribution in [0.4, 0.5) is 13.2 Å². The number of alkyl halides is 3. The first-order valence-electron chi connectivity index (χ1n) is 6.56. The first-order chi connectivity index (χ1) is 8.79. The zero-order valence-electron chi connectivity index (χ0n) is 10.8. The minimum atomic E-state index is -4.16. The molecule has 0 saturated heterocycles. The molecule has 0 heterocycles. The molecular weight excluding hydrogens is 281 g/mol. The molecule has 4 nitrogen and oxygen atoms in total. The van der Waals surface area contributed by atoms with Crippen LogP contribution in [0.3, 0.4) is 0 Å². The van der Waals surface area contributed by atoms with Crippen LogP contribution in [0.25, 0.3) is 0 Å². The van der Waals surface area contributed by atoms with Crippen LogP contribution in [0.5, 0.6) is 0 Å². The van der Waals surface area contributed by atoms with Crippen molar-refractivity contribution in [1.29, 1.82) is 0 Å². The van der Waals surface area contributed by atoms with Gasteiger partial charge in [0, 0.05) is 19.0 Å². The molecule has 0 atom stereocenters. The fraction of sp³-hybridized carbons (Fsp3) is 1.00.